The van der Waals surface area contributed by atoms with E-state index in [0.717, 1.165) is 31.5 Å². The lowest BCUT2D eigenvalue weighted by Crippen LogP contribution is -2.25. The number of benzene rings is 2. The molecular formula is C25H30N2O2S. The molecule has 1 aliphatic rings. The van der Waals surface area contributed by atoms with E-state index in [0.29, 0.717) is 11.5 Å². The summed E-state index contributed by atoms with van der Waals surface area (Å²) in [6.07, 6.45) is 4.88. The van der Waals surface area contributed by atoms with Gasteiger partial charge in [-0.1, -0.05) is 35.5 Å². The zero-order chi connectivity index (χ0) is 21.5. The van der Waals surface area contributed by atoms with Crippen molar-refractivity contribution in [2.45, 2.75) is 55.1 Å². The maximum atomic E-state index is 9.61. The van der Waals surface area contributed by atoms with Gasteiger partial charge in [-0.15, -0.1) is 0 Å². The Morgan fingerprint density at radius 3 is 2.67 bits per heavy atom. The van der Waals surface area contributed by atoms with E-state index in [1.807, 2.05) is 6.92 Å². The van der Waals surface area contributed by atoms with Gasteiger partial charge >= 0.3 is 0 Å². The van der Waals surface area contributed by atoms with Gasteiger partial charge in [0, 0.05) is 39.7 Å². The van der Waals surface area contributed by atoms with Gasteiger partial charge < -0.3 is 15.5 Å². The number of aliphatic imine (C=N–C) groups is 1. The number of aliphatic hydroxyl groups is 2. The Morgan fingerprint density at radius 1 is 1.23 bits per heavy atom. The van der Waals surface area contributed by atoms with Crippen molar-refractivity contribution in [3.63, 3.8) is 0 Å². The van der Waals surface area contributed by atoms with Crippen molar-refractivity contribution in [1.29, 1.82) is 0 Å². The third-order valence-corrected chi connectivity index (χ3v) is 6.49. The van der Waals surface area contributed by atoms with Crippen LogP contribution in [-0.2, 0) is 6.42 Å². The van der Waals surface area contributed by atoms with Crippen LogP contribution in [0.2, 0.25) is 0 Å². The first-order chi connectivity index (χ1) is 14.5. The van der Waals surface area contributed by atoms with E-state index in [1.165, 1.54) is 32.7 Å². The highest BCUT2D eigenvalue weighted by atomic mass is 32.2. The number of hydrogen-bond donors (Lipinski definition) is 3. The summed E-state index contributed by atoms with van der Waals surface area (Å²) < 4.78 is 0. The standard InChI is InChI=1S/C25H30N2O2S/c1-17-7-9-21(10-8-17)30-22-11-12-24-19(15-22)5-4-6-20(24)16-27-18(2)23(25(28)29)13-14-26-3/h7-15,20,25,27-29H,3-6,16H2,1-2H3/b14-13-,23-18-/t20-/m1/s1. The maximum Gasteiger partial charge on any atom is 0.180 e. The minimum atomic E-state index is -1.55. The van der Waals surface area contributed by atoms with Crippen LogP contribution in [0.1, 0.15) is 42.4 Å². The number of fused-ring (bicyclic) bond motifs is 1. The molecule has 0 radical (unpaired) electrons. The topological polar surface area (TPSA) is 64.9 Å². The Balaban J connectivity index is 1.72. The van der Waals surface area contributed by atoms with Crippen LogP contribution in [0.3, 0.4) is 0 Å². The fourth-order valence-electron chi connectivity index (χ4n) is 3.83. The fraction of sp³-hybridized carbons (Fsp3) is 0.320. The van der Waals surface area contributed by atoms with E-state index in [9.17, 15) is 10.2 Å². The molecule has 1 aliphatic carbocycles. The van der Waals surface area contributed by atoms with E-state index in [-0.39, 0.29) is 0 Å². The summed E-state index contributed by atoms with van der Waals surface area (Å²) in [4.78, 5) is 6.18. The molecule has 0 saturated heterocycles. The molecule has 2 aromatic carbocycles. The summed E-state index contributed by atoms with van der Waals surface area (Å²) in [5.41, 5.74) is 5.23. The number of nitrogens with one attached hydrogen (secondary N) is 1. The van der Waals surface area contributed by atoms with E-state index in [2.05, 4.69) is 66.4 Å². The summed E-state index contributed by atoms with van der Waals surface area (Å²) in [6, 6.07) is 15.4. The van der Waals surface area contributed by atoms with Crippen molar-refractivity contribution in [2.75, 3.05) is 6.54 Å². The molecule has 2 aromatic rings. The smallest absolute Gasteiger partial charge is 0.180 e. The van der Waals surface area contributed by atoms with Crippen molar-refractivity contribution in [1.82, 2.24) is 5.32 Å². The molecule has 3 N–H and O–H groups in total. The van der Waals surface area contributed by atoms with Gasteiger partial charge in [-0.2, -0.15) is 0 Å². The lowest BCUT2D eigenvalue weighted by molar-refractivity contribution is -0.00591. The van der Waals surface area contributed by atoms with Gasteiger partial charge in [0.25, 0.3) is 0 Å². The quantitative estimate of drug-likeness (QED) is 0.320. The second-order valence-corrected chi connectivity index (χ2v) is 8.85. The van der Waals surface area contributed by atoms with E-state index >= 15 is 0 Å². The van der Waals surface area contributed by atoms with Crippen LogP contribution in [0.4, 0.5) is 0 Å². The van der Waals surface area contributed by atoms with Crippen molar-refractivity contribution < 1.29 is 10.2 Å². The largest absolute Gasteiger partial charge is 0.388 e. The van der Waals surface area contributed by atoms with Gasteiger partial charge in [-0.05, 0) is 81.3 Å². The van der Waals surface area contributed by atoms with Crippen molar-refractivity contribution in [3.8, 4) is 0 Å². The molecular weight excluding hydrogens is 392 g/mol. The fourth-order valence-corrected chi connectivity index (χ4v) is 4.71. The Labute approximate surface area is 183 Å². The molecule has 158 valence electrons. The summed E-state index contributed by atoms with van der Waals surface area (Å²) >= 11 is 1.80. The second-order valence-electron chi connectivity index (χ2n) is 7.70. The molecule has 0 fully saturated rings. The summed E-state index contributed by atoms with van der Waals surface area (Å²) in [6.45, 7) is 8.11. The van der Waals surface area contributed by atoms with Gasteiger partial charge in [0.15, 0.2) is 6.29 Å². The Morgan fingerprint density at radius 2 is 1.97 bits per heavy atom. The van der Waals surface area contributed by atoms with Crippen LogP contribution in [0.5, 0.6) is 0 Å². The van der Waals surface area contributed by atoms with E-state index < -0.39 is 6.29 Å². The minimum Gasteiger partial charge on any atom is -0.388 e. The zero-order valence-electron chi connectivity index (χ0n) is 17.6. The average molecular weight is 423 g/mol. The summed E-state index contributed by atoms with van der Waals surface area (Å²) in [5.74, 6) is 0.403. The van der Waals surface area contributed by atoms with E-state index in [1.54, 1.807) is 17.8 Å². The molecule has 0 saturated carbocycles. The Bertz CT molecular complexity index is 933. The molecule has 0 bridgehead atoms. The average Bonchev–Trinajstić information content (AvgIpc) is 2.73. The third kappa shape index (κ3) is 5.85. The Kier molecular flexibility index (Phi) is 7.91. The van der Waals surface area contributed by atoms with Crippen molar-refractivity contribution in [2.24, 2.45) is 4.99 Å². The highest BCUT2D eigenvalue weighted by molar-refractivity contribution is 7.99. The first-order valence-corrected chi connectivity index (χ1v) is 11.1. The van der Waals surface area contributed by atoms with Gasteiger partial charge in [-0.25, -0.2) is 0 Å². The summed E-state index contributed by atoms with van der Waals surface area (Å²) in [7, 11) is 0. The van der Waals surface area contributed by atoms with Gasteiger partial charge in [0.2, 0.25) is 0 Å². The van der Waals surface area contributed by atoms with Crippen LogP contribution >= 0.6 is 11.8 Å². The molecule has 5 heteroatoms. The molecule has 30 heavy (non-hydrogen) atoms. The molecule has 3 rings (SSSR count). The molecule has 0 aliphatic heterocycles. The first-order valence-electron chi connectivity index (χ1n) is 10.3. The SMILES string of the molecule is C=N/C=C\C(=C(/C)NC[C@H]1CCCc2cc(Sc3ccc(C)cc3)ccc21)C(O)O. The molecule has 0 heterocycles. The van der Waals surface area contributed by atoms with Crippen LogP contribution in [0, 0.1) is 6.92 Å². The van der Waals surface area contributed by atoms with Crippen LogP contribution in [0.25, 0.3) is 0 Å². The molecule has 0 aromatic heterocycles. The van der Waals surface area contributed by atoms with Crippen LogP contribution < -0.4 is 5.32 Å². The lowest BCUT2D eigenvalue weighted by Gasteiger charge is -2.27. The number of aliphatic hydroxyl groups excluding tert-OH is 1. The Hall–Kier alpha value is -2.34. The zero-order valence-corrected chi connectivity index (χ0v) is 18.5. The maximum absolute atomic E-state index is 9.61. The normalized spacial score (nSPS) is 17.0. The monoisotopic (exact) mass is 422 g/mol. The van der Waals surface area contributed by atoms with Crippen molar-refractivity contribution in [3.05, 3.63) is 82.7 Å². The molecule has 0 unspecified atom stereocenters. The third-order valence-electron chi connectivity index (χ3n) is 5.49. The van der Waals surface area contributed by atoms with Gasteiger partial charge in [-0.3, -0.25) is 4.99 Å². The molecule has 4 nitrogen and oxygen atoms in total. The minimum absolute atomic E-state index is 0.403. The predicted octanol–water partition coefficient (Wildman–Crippen LogP) is 4.95. The highest BCUT2D eigenvalue weighted by Crippen LogP contribution is 2.36. The molecule has 0 spiro atoms. The van der Waals surface area contributed by atoms with Crippen LogP contribution in [-0.4, -0.2) is 29.8 Å². The number of hydrogen-bond acceptors (Lipinski definition) is 5. The first kappa shape index (κ1) is 22.3. The van der Waals surface area contributed by atoms with Gasteiger partial charge in [0.1, 0.15) is 0 Å². The second kappa shape index (κ2) is 10.6. The molecule has 0 amide bonds. The summed E-state index contributed by atoms with van der Waals surface area (Å²) in [5, 5.41) is 22.6. The number of rotatable bonds is 8. The lowest BCUT2D eigenvalue weighted by atomic mass is 9.83. The van der Waals surface area contributed by atoms with Crippen LogP contribution in [0.15, 0.2) is 80.8 Å². The van der Waals surface area contributed by atoms with E-state index in [4.69, 9.17) is 0 Å². The number of aryl methyl sites for hydroxylation is 2. The number of nitrogens with zero attached hydrogens (tertiary/aromatic N) is 1. The highest BCUT2D eigenvalue weighted by Gasteiger charge is 2.21. The number of allylic oxidation sites excluding steroid dienone is 1. The predicted molar refractivity (Wildman–Crippen MR) is 125 cm³/mol. The molecule has 1 atom stereocenters. The van der Waals surface area contributed by atoms with Gasteiger partial charge in [0.05, 0.1) is 0 Å². The van der Waals surface area contributed by atoms with Crippen molar-refractivity contribution >= 4 is 18.5 Å².